The number of hydrogen-bond acceptors (Lipinski definition) is 5. The molecular weight excluding hydrogens is 240 g/mol. The summed E-state index contributed by atoms with van der Waals surface area (Å²) < 4.78 is 5.22. The predicted molar refractivity (Wildman–Crippen MR) is 74.9 cm³/mol. The monoisotopic (exact) mass is 260 g/mol. The Morgan fingerprint density at radius 1 is 1.32 bits per heavy atom. The van der Waals surface area contributed by atoms with Crippen molar-refractivity contribution in [2.24, 2.45) is 5.73 Å². The van der Waals surface area contributed by atoms with Gasteiger partial charge in [0.05, 0.1) is 0 Å². The lowest BCUT2D eigenvalue weighted by Crippen LogP contribution is -2.17. The first-order valence-corrected chi connectivity index (χ1v) is 6.55. The van der Waals surface area contributed by atoms with Gasteiger partial charge < -0.3 is 15.2 Å². The van der Waals surface area contributed by atoms with Crippen LogP contribution in [0.1, 0.15) is 30.8 Å². The summed E-state index contributed by atoms with van der Waals surface area (Å²) in [6.45, 7) is 2.89. The Morgan fingerprint density at radius 2 is 2.05 bits per heavy atom. The molecule has 2 rings (SSSR count). The zero-order valence-electron chi connectivity index (χ0n) is 11.4. The Kier molecular flexibility index (Phi) is 4.52. The van der Waals surface area contributed by atoms with Crippen LogP contribution in [0.15, 0.2) is 34.9 Å². The van der Waals surface area contributed by atoms with Crippen LogP contribution < -0.4 is 10.6 Å². The van der Waals surface area contributed by atoms with Crippen LogP contribution in [-0.2, 0) is 6.42 Å². The number of aryl methyl sites for hydroxylation is 1. The van der Waals surface area contributed by atoms with Gasteiger partial charge in [-0.15, -0.1) is 0 Å². The number of nitrogens with zero attached hydrogens (tertiary/aromatic N) is 3. The summed E-state index contributed by atoms with van der Waals surface area (Å²) in [7, 11) is 1.93. The Morgan fingerprint density at radius 3 is 2.74 bits per heavy atom. The smallest absolute Gasteiger partial charge is 0.265 e. The summed E-state index contributed by atoms with van der Waals surface area (Å²) in [4.78, 5) is 6.27. The van der Waals surface area contributed by atoms with Crippen molar-refractivity contribution in [3.05, 3.63) is 41.8 Å². The van der Waals surface area contributed by atoms with Crippen LogP contribution in [0.5, 0.6) is 0 Å². The van der Waals surface area contributed by atoms with E-state index in [2.05, 4.69) is 10.1 Å². The molecular formula is C14H20N4O. The molecule has 1 aromatic carbocycles. The summed E-state index contributed by atoms with van der Waals surface area (Å²) in [5.41, 5.74) is 7.27. The van der Waals surface area contributed by atoms with Gasteiger partial charge in [-0.05, 0) is 24.1 Å². The lowest BCUT2D eigenvalue weighted by Gasteiger charge is -2.10. The molecule has 0 radical (unpaired) electrons. The molecule has 19 heavy (non-hydrogen) atoms. The summed E-state index contributed by atoms with van der Waals surface area (Å²) in [5, 5.41) is 3.94. The zero-order valence-corrected chi connectivity index (χ0v) is 11.4. The van der Waals surface area contributed by atoms with Crippen molar-refractivity contribution in [3.8, 4) is 0 Å². The zero-order chi connectivity index (χ0) is 13.7. The maximum Gasteiger partial charge on any atom is 0.265 e. The van der Waals surface area contributed by atoms with Crippen LogP contribution in [0.2, 0.25) is 0 Å². The van der Waals surface area contributed by atoms with Gasteiger partial charge in [-0.2, -0.15) is 4.98 Å². The summed E-state index contributed by atoms with van der Waals surface area (Å²) in [6, 6.07) is 10.1. The van der Waals surface area contributed by atoms with E-state index in [4.69, 9.17) is 10.3 Å². The first-order valence-electron chi connectivity index (χ1n) is 6.55. The SMILES string of the molecule is CCN(C)c1noc(CCC(N)c2ccccc2)n1. The molecule has 0 fully saturated rings. The molecule has 1 aromatic heterocycles. The minimum atomic E-state index is 0.000421. The fraction of sp³-hybridized carbons (Fsp3) is 0.429. The van der Waals surface area contributed by atoms with Gasteiger partial charge in [0.1, 0.15) is 0 Å². The number of rotatable bonds is 6. The number of nitrogens with two attached hydrogens (primary N) is 1. The molecule has 1 unspecified atom stereocenters. The van der Waals surface area contributed by atoms with E-state index in [-0.39, 0.29) is 6.04 Å². The Labute approximate surface area is 113 Å². The lowest BCUT2D eigenvalue weighted by atomic mass is 10.0. The number of anilines is 1. The summed E-state index contributed by atoms with van der Waals surface area (Å²) in [5.74, 6) is 1.27. The molecule has 0 aliphatic heterocycles. The topological polar surface area (TPSA) is 68.2 Å². The number of hydrogen-bond donors (Lipinski definition) is 1. The maximum atomic E-state index is 6.14. The highest BCUT2D eigenvalue weighted by atomic mass is 16.5. The quantitative estimate of drug-likeness (QED) is 0.862. The third-order valence-corrected chi connectivity index (χ3v) is 3.17. The Hall–Kier alpha value is -1.88. The van der Waals surface area contributed by atoms with Crippen molar-refractivity contribution in [1.29, 1.82) is 0 Å². The average molecular weight is 260 g/mol. The van der Waals surface area contributed by atoms with Gasteiger partial charge in [0, 0.05) is 26.1 Å². The van der Waals surface area contributed by atoms with Crippen LogP contribution in [0.3, 0.4) is 0 Å². The van der Waals surface area contributed by atoms with Crippen molar-refractivity contribution in [2.75, 3.05) is 18.5 Å². The van der Waals surface area contributed by atoms with Gasteiger partial charge in [0.2, 0.25) is 5.89 Å². The Balaban J connectivity index is 1.90. The number of benzene rings is 1. The number of aromatic nitrogens is 2. The molecule has 1 atom stereocenters. The van der Waals surface area contributed by atoms with Gasteiger partial charge in [-0.25, -0.2) is 0 Å². The molecule has 0 aliphatic rings. The van der Waals surface area contributed by atoms with E-state index in [9.17, 15) is 0 Å². The van der Waals surface area contributed by atoms with E-state index in [0.717, 1.165) is 18.5 Å². The van der Waals surface area contributed by atoms with Crippen molar-refractivity contribution in [2.45, 2.75) is 25.8 Å². The van der Waals surface area contributed by atoms with E-state index < -0.39 is 0 Å². The van der Waals surface area contributed by atoms with Crippen molar-refractivity contribution < 1.29 is 4.52 Å². The van der Waals surface area contributed by atoms with Crippen molar-refractivity contribution >= 4 is 5.95 Å². The molecule has 0 spiro atoms. The molecule has 0 saturated carbocycles. The lowest BCUT2D eigenvalue weighted by molar-refractivity contribution is 0.371. The first kappa shape index (κ1) is 13.5. The summed E-state index contributed by atoms with van der Waals surface area (Å²) >= 11 is 0. The standard InChI is InChI=1S/C14H20N4O/c1-3-18(2)14-16-13(19-17-14)10-9-12(15)11-7-5-4-6-8-11/h4-8,12H,3,9-10,15H2,1-2H3. The fourth-order valence-electron chi connectivity index (χ4n) is 1.79. The maximum absolute atomic E-state index is 6.14. The second-order valence-corrected chi connectivity index (χ2v) is 4.56. The van der Waals surface area contributed by atoms with E-state index in [1.165, 1.54) is 0 Å². The Bertz CT molecular complexity index is 497. The molecule has 0 aliphatic carbocycles. The average Bonchev–Trinajstić information content (AvgIpc) is 2.93. The molecule has 2 aromatic rings. The highest BCUT2D eigenvalue weighted by molar-refractivity contribution is 5.25. The van der Waals surface area contributed by atoms with Crippen molar-refractivity contribution in [1.82, 2.24) is 10.1 Å². The van der Waals surface area contributed by atoms with Gasteiger partial charge >= 0.3 is 0 Å². The van der Waals surface area contributed by atoms with Crippen LogP contribution in [-0.4, -0.2) is 23.7 Å². The van der Waals surface area contributed by atoms with Crippen LogP contribution in [0.4, 0.5) is 5.95 Å². The predicted octanol–water partition coefficient (Wildman–Crippen LogP) is 2.16. The van der Waals surface area contributed by atoms with Crippen molar-refractivity contribution in [3.63, 3.8) is 0 Å². The molecule has 0 amide bonds. The van der Waals surface area contributed by atoms with E-state index in [1.807, 2.05) is 49.2 Å². The summed E-state index contributed by atoms with van der Waals surface area (Å²) in [6.07, 6.45) is 1.49. The van der Waals surface area contributed by atoms with E-state index in [1.54, 1.807) is 0 Å². The van der Waals surface area contributed by atoms with Gasteiger partial charge in [-0.1, -0.05) is 30.3 Å². The van der Waals surface area contributed by atoms with E-state index >= 15 is 0 Å². The van der Waals surface area contributed by atoms with Crippen LogP contribution in [0.25, 0.3) is 0 Å². The highest BCUT2D eigenvalue weighted by Crippen LogP contribution is 2.16. The minimum absolute atomic E-state index is 0.000421. The third kappa shape index (κ3) is 3.54. The van der Waals surface area contributed by atoms with Gasteiger partial charge in [-0.3, -0.25) is 0 Å². The molecule has 2 N–H and O–H groups in total. The fourth-order valence-corrected chi connectivity index (χ4v) is 1.79. The van der Waals surface area contributed by atoms with Crippen LogP contribution in [0, 0.1) is 0 Å². The van der Waals surface area contributed by atoms with Crippen LogP contribution >= 0.6 is 0 Å². The molecule has 1 heterocycles. The van der Waals surface area contributed by atoms with Gasteiger partial charge in [0.15, 0.2) is 0 Å². The van der Waals surface area contributed by atoms with Gasteiger partial charge in [0.25, 0.3) is 5.95 Å². The molecule has 5 nitrogen and oxygen atoms in total. The molecule has 0 saturated heterocycles. The minimum Gasteiger partial charge on any atom is -0.342 e. The largest absolute Gasteiger partial charge is 0.342 e. The first-order chi connectivity index (χ1) is 9.20. The second-order valence-electron chi connectivity index (χ2n) is 4.56. The molecule has 102 valence electrons. The third-order valence-electron chi connectivity index (χ3n) is 3.17. The normalized spacial score (nSPS) is 12.4. The molecule has 5 heteroatoms. The highest BCUT2D eigenvalue weighted by Gasteiger charge is 2.11. The molecule has 0 bridgehead atoms. The van der Waals surface area contributed by atoms with E-state index in [0.29, 0.717) is 18.3 Å². The second kappa shape index (κ2) is 6.33.